The molecule has 3 heterocycles. The maximum atomic E-state index is 15.0. The number of hydrogen-bond donors (Lipinski definition) is 4. The highest BCUT2D eigenvalue weighted by Gasteiger charge is 2.52. The van der Waals surface area contributed by atoms with Crippen molar-refractivity contribution in [3.05, 3.63) is 77.9 Å². The molecule has 2 aromatic carbocycles. The monoisotopic (exact) mass is 1610 g/mol. The molecule has 31 nitrogen and oxygen atoms in total. The average Bonchev–Trinajstić information content (AvgIpc) is 1.61. The first-order chi connectivity index (χ1) is 55.3. The molecule has 2 bridgehead atoms. The molecule has 3 aliphatic heterocycles. The summed E-state index contributed by atoms with van der Waals surface area (Å²) in [7, 11) is 6.36. The first kappa shape index (κ1) is 95.9. The summed E-state index contributed by atoms with van der Waals surface area (Å²) in [5, 5.41) is 12.0. The minimum Gasteiger partial charge on any atom is -0.382 e. The topological polar surface area (TPSA) is 344 Å². The first-order valence-corrected chi connectivity index (χ1v) is 40.9. The lowest BCUT2D eigenvalue weighted by Crippen LogP contribution is -2.60. The molecule has 1 saturated carbocycles. The lowest BCUT2D eigenvalue weighted by atomic mass is 9.89. The van der Waals surface area contributed by atoms with Crippen LogP contribution in [0.5, 0.6) is 0 Å². The van der Waals surface area contributed by atoms with Crippen molar-refractivity contribution in [1.29, 1.82) is 0 Å². The molecule has 1 aliphatic carbocycles. The van der Waals surface area contributed by atoms with Gasteiger partial charge in [0.25, 0.3) is 11.8 Å². The van der Waals surface area contributed by atoms with Crippen LogP contribution >= 0.6 is 0 Å². The SMILES string of the molecule is CC[C@H](C)[C@@H]([C@@H](CC(=O)N1CCC[C@H]1[C@H](OC)[C@@H](C)C(=O)N[C@@H](Cc1ccccc1)C(=O)Nc1ccc(CNC(=O)CCCCCN2C(=O)C=CC2=O)cc1)OC)N(C)C(=O)[C@@H](NC(=O)[C@@H]1C2CC[C@@H](C2)N1C(=O)CCOCCOCCOCCOCCOCCOCCOCCOCCOCCOCCOCCOC)C(C)C. The van der Waals surface area contributed by atoms with Crippen LogP contribution in [0.3, 0.4) is 0 Å². The highest BCUT2D eigenvalue weighted by molar-refractivity contribution is 6.12. The Hall–Kier alpha value is -6.95. The Morgan fingerprint density at radius 1 is 0.561 bits per heavy atom. The lowest BCUT2D eigenvalue weighted by molar-refractivity contribution is -0.149. The van der Waals surface area contributed by atoms with E-state index in [0.717, 1.165) is 24.0 Å². The number of hydrogen-bond acceptors (Lipinski definition) is 23. The summed E-state index contributed by atoms with van der Waals surface area (Å²) in [6.07, 6.45) is 7.43. The first-order valence-electron chi connectivity index (χ1n) is 40.9. The van der Waals surface area contributed by atoms with Crippen LogP contribution in [0.25, 0.3) is 0 Å². The number of rotatable bonds is 64. The molecule has 0 spiro atoms. The predicted molar refractivity (Wildman–Crippen MR) is 423 cm³/mol. The summed E-state index contributed by atoms with van der Waals surface area (Å²) in [6.45, 7) is 20.5. The Morgan fingerprint density at radius 3 is 1.59 bits per heavy atom. The number of amides is 9. The molecule has 9 amide bonds. The summed E-state index contributed by atoms with van der Waals surface area (Å²) in [4.78, 5) is 130. The van der Waals surface area contributed by atoms with Gasteiger partial charge in [-0.15, -0.1) is 0 Å². The van der Waals surface area contributed by atoms with Gasteiger partial charge >= 0.3 is 0 Å². The van der Waals surface area contributed by atoms with E-state index in [2.05, 4.69) is 21.3 Å². The number of likely N-dealkylation sites (N-methyl/N-ethyl adjacent to an activating group) is 1. The van der Waals surface area contributed by atoms with Crippen molar-refractivity contribution >= 4 is 58.9 Å². The third kappa shape index (κ3) is 33.9. The van der Waals surface area contributed by atoms with E-state index < -0.39 is 60.1 Å². The zero-order chi connectivity index (χ0) is 82.2. The summed E-state index contributed by atoms with van der Waals surface area (Å²) in [6, 6.07) is 12.5. The maximum absolute atomic E-state index is 15.0. The fourth-order valence-electron chi connectivity index (χ4n) is 14.7. The maximum Gasteiger partial charge on any atom is 0.253 e. The molecule has 4 aliphatic rings. The summed E-state index contributed by atoms with van der Waals surface area (Å²) < 4.78 is 78.3. The van der Waals surface area contributed by atoms with E-state index in [1.165, 1.54) is 31.3 Å². The molecule has 2 aromatic rings. The van der Waals surface area contributed by atoms with Gasteiger partial charge in [-0.3, -0.25) is 48.1 Å². The molecule has 3 fully saturated rings. The van der Waals surface area contributed by atoms with E-state index >= 15 is 0 Å². The number of anilines is 1. The van der Waals surface area contributed by atoms with Gasteiger partial charge in [-0.25, -0.2) is 0 Å². The van der Waals surface area contributed by atoms with Gasteiger partial charge in [-0.05, 0) is 86.0 Å². The van der Waals surface area contributed by atoms with Gasteiger partial charge in [0, 0.05) is 84.7 Å². The highest BCUT2D eigenvalue weighted by atomic mass is 16.6. The number of methoxy groups -OCH3 is 3. The fourth-order valence-corrected chi connectivity index (χ4v) is 14.7. The second-order valence-corrected chi connectivity index (χ2v) is 29.5. The zero-order valence-corrected chi connectivity index (χ0v) is 69.0. The number of unbranched alkanes of at least 4 members (excludes halogenated alkanes) is 2. The molecule has 114 heavy (non-hydrogen) atoms. The number of benzene rings is 2. The van der Waals surface area contributed by atoms with Gasteiger partial charge in [-0.2, -0.15) is 0 Å². The Balaban J connectivity index is 0.863. The van der Waals surface area contributed by atoms with Crippen molar-refractivity contribution in [2.24, 2.45) is 23.7 Å². The number of fused-ring (bicyclic) bond motifs is 2. The van der Waals surface area contributed by atoms with Crippen LogP contribution in [0.4, 0.5) is 5.69 Å². The number of carbonyl (C=O) groups is 9. The van der Waals surface area contributed by atoms with Crippen molar-refractivity contribution < 1.29 is 109 Å². The molecule has 1 unspecified atom stereocenters. The minimum absolute atomic E-state index is 0.0529. The van der Waals surface area contributed by atoms with E-state index in [1.807, 2.05) is 58.0 Å². The number of likely N-dealkylation sites (tertiary alicyclic amines) is 2. The fraction of sp³-hybridized carbons (Fsp3) is 0.723. The third-order valence-corrected chi connectivity index (χ3v) is 21.1. The Labute approximate surface area is 674 Å². The number of nitrogens with zero attached hydrogens (tertiary/aromatic N) is 4. The van der Waals surface area contributed by atoms with Crippen LogP contribution in [-0.4, -0.2) is 315 Å². The van der Waals surface area contributed by atoms with Gasteiger partial charge in [-0.1, -0.05) is 89.9 Å². The van der Waals surface area contributed by atoms with Gasteiger partial charge in [0.1, 0.15) is 18.1 Å². The molecule has 642 valence electrons. The predicted octanol–water partition coefficient (Wildman–Crippen LogP) is 5.11. The number of piperidine rings is 1. The molecule has 4 N–H and O–H groups in total. The minimum atomic E-state index is -1.01. The number of nitrogens with one attached hydrogen (secondary N) is 4. The number of ether oxygens (including phenoxy) is 14. The smallest absolute Gasteiger partial charge is 0.253 e. The van der Waals surface area contributed by atoms with Crippen LogP contribution in [0.1, 0.15) is 123 Å². The third-order valence-electron chi connectivity index (χ3n) is 21.1. The number of carbonyl (C=O) groups excluding carboxylic acids is 9. The highest BCUT2D eigenvalue weighted by Crippen LogP contribution is 2.43. The van der Waals surface area contributed by atoms with Crippen LogP contribution < -0.4 is 21.3 Å². The molecule has 6 rings (SSSR count). The van der Waals surface area contributed by atoms with Crippen molar-refractivity contribution in [2.75, 3.05) is 199 Å². The van der Waals surface area contributed by atoms with Crippen LogP contribution in [0.15, 0.2) is 66.7 Å². The van der Waals surface area contributed by atoms with E-state index in [9.17, 15) is 43.2 Å². The largest absolute Gasteiger partial charge is 0.382 e. The van der Waals surface area contributed by atoms with E-state index in [1.54, 1.807) is 60.0 Å². The average molecular weight is 1610 g/mol. The van der Waals surface area contributed by atoms with Crippen molar-refractivity contribution in [2.45, 2.75) is 173 Å². The van der Waals surface area contributed by atoms with E-state index in [-0.39, 0.29) is 104 Å². The summed E-state index contributed by atoms with van der Waals surface area (Å²) >= 11 is 0. The molecular weight excluding hydrogens is 1480 g/mol. The summed E-state index contributed by atoms with van der Waals surface area (Å²) in [5.41, 5.74) is 2.11. The lowest BCUT2D eigenvalue weighted by Gasteiger charge is -2.41. The summed E-state index contributed by atoms with van der Waals surface area (Å²) in [5.74, 6) is -4.19. The quantitative estimate of drug-likeness (QED) is 0.0493. The van der Waals surface area contributed by atoms with Gasteiger partial charge in [0.2, 0.25) is 41.4 Å². The van der Waals surface area contributed by atoms with Crippen molar-refractivity contribution in [3.63, 3.8) is 0 Å². The van der Waals surface area contributed by atoms with Gasteiger partial charge < -0.3 is 102 Å². The molecule has 0 radical (unpaired) electrons. The molecule has 0 aromatic heterocycles. The molecule has 11 atom stereocenters. The Morgan fingerprint density at radius 2 is 1.09 bits per heavy atom. The zero-order valence-electron chi connectivity index (χ0n) is 69.0. The van der Waals surface area contributed by atoms with Crippen LogP contribution in [0.2, 0.25) is 0 Å². The van der Waals surface area contributed by atoms with Crippen LogP contribution in [0, 0.1) is 23.7 Å². The Kier molecular flexibility index (Phi) is 46.8. The van der Waals surface area contributed by atoms with E-state index in [4.69, 9.17) is 66.3 Å². The van der Waals surface area contributed by atoms with Gasteiger partial charge in [0.15, 0.2) is 0 Å². The van der Waals surface area contributed by atoms with Crippen LogP contribution in [-0.2, 0) is 122 Å². The van der Waals surface area contributed by atoms with Crippen molar-refractivity contribution in [3.8, 4) is 0 Å². The molecule has 2 saturated heterocycles. The van der Waals surface area contributed by atoms with Crippen molar-refractivity contribution in [1.82, 2.24) is 35.6 Å². The normalized spacial score (nSPS) is 18.5. The molecular formula is C83H132N8O23. The Bertz CT molecular complexity index is 3140. The second-order valence-electron chi connectivity index (χ2n) is 29.5. The molecule has 31 heteroatoms. The standard InChI is InChI=1S/C83H132N8O23/c1-10-61(4)77(70(102-8)58-75(96)89-32-17-20-69(89)79(103-9)62(5)80(97)86-68(56-63-18-13-11-14-19-63)81(98)85-66-25-22-64(23-26-66)59-84-71(92)21-15-12-16-31-90-72(93)28-29-73(90)94)88(6)83(100)76(60(2)3)87-82(99)78-65-24-27-67(57-65)91(78)74(95)30-33-104-36-37-106-40-41-108-44-45-110-48-49-112-52-53-114-55-54-113-51-50-111-47-46-109-43-42-107-39-38-105-35-34-101-7/h11,13-14,18-19,22-23,25-26,28-29,60-62,65,67-70,76-79H,10,12,15-17,20-21,24,27,30-59H2,1-9H3,(H,84,92)(H,85,98)(H,86,97)(H,87,99)/t61-,62+,65?,67-,68-,69-,70+,76-,77-,78-,79+/m0/s1. The second kappa shape index (κ2) is 55.6. The number of imide groups is 1. The van der Waals surface area contributed by atoms with Gasteiger partial charge in [0.05, 0.1) is 195 Å². The van der Waals surface area contributed by atoms with E-state index in [0.29, 0.717) is 209 Å².